The zero-order valence-electron chi connectivity index (χ0n) is 19.4. The number of nitrogens with one attached hydrogen (secondary N) is 1. The number of alkyl halides is 3. The van der Waals surface area contributed by atoms with Crippen molar-refractivity contribution in [1.82, 2.24) is 15.3 Å². The lowest BCUT2D eigenvalue weighted by atomic mass is 10.1. The molecule has 34 heavy (non-hydrogen) atoms. The summed E-state index contributed by atoms with van der Waals surface area (Å²) in [6.07, 6.45) is 6.75. The molecule has 2 aromatic rings. The molecule has 10 heteroatoms. The smallest absolute Gasteiger partial charge is 0.416 e. The lowest BCUT2D eigenvalue weighted by molar-refractivity contribution is -0.138. The number of rotatable bonds is 3. The molecule has 3 rings (SSSR count). The molecule has 184 valence electrons. The molecular formula is C24H28F4N4O2. The van der Waals surface area contributed by atoms with Crippen LogP contribution in [-0.2, 0) is 12.6 Å². The van der Waals surface area contributed by atoms with E-state index in [4.69, 9.17) is 5.73 Å². The van der Waals surface area contributed by atoms with Crippen molar-refractivity contribution in [2.24, 2.45) is 0 Å². The molecule has 0 bridgehead atoms. The summed E-state index contributed by atoms with van der Waals surface area (Å²) in [6.45, 7) is 5.29. The summed E-state index contributed by atoms with van der Waals surface area (Å²) in [5.74, 6) is -1.44. The van der Waals surface area contributed by atoms with Crippen molar-refractivity contribution >= 4 is 11.7 Å². The zero-order valence-corrected chi connectivity index (χ0v) is 19.4. The number of anilines is 1. The molecule has 0 saturated carbocycles. The number of nitrogens with two attached hydrogens (primary N) is 1. The fraction of sp³-hybridized carbons (Fsp3) is 0.292. The number of aromatic nitrogens is 2. The van der Waals surface area contributed by atoms with Crippen LogP contribution in [0, 0.1) is 12.7 Å². The van der Waals surface area contributed by atoms with Crippen LogP contribution in [-0.4, -0.2) is 28.0 Å². The van der Waals surface area contributed by atoms with E-state index in [1.54, 1.807) is 0 Å². The number of nitrogen functional groups attached to an aromatic ring is 1. The Bertz CT molecular complexity index is 1080. The maximum atomic E-state index is 12.4. The summed E-state index contributed by atoms with van der Waals surface area (Å²) in [7, 11) is 1.46. The Morgan fingerprint density at radius 1 is 1.21 bits per heavy atom. The summed E-state index contributed by atoms with van der Waals surface area (Å²) >= 11 is 0. The number of benzene rings is 1. The van der Waals surface area contributed by atoms with Crippen molar-refractivity contribution in [1.29, 1.82) is 0 Å². The van der Waals surface area contributed by atoms with Crippen molar-refractivity contribution in [3.05, 3.63) is 82.6 Å². The minimum atomic E-state index is -4.47. The molecule has 0 fully saturated rings. The van der Waals surface area contributed by atoms with Crippen LogP contribution >= 0.6 is 0 Å². The highest BCUT2D eigenvalue weighted by Crippen LogP contribution is 2.31. The van der Waals surface area contributed by atoms with Crippen LogP contribution in [0.25, 0.3) is 0 Å². The summed E-state index contributed by atoms with van der Waals surface area (Å²) < 4.78 is 48.6. The molecule has 1 aliphatic carbocycles. The predicted molar refractivity (Wildman–Crippen MR) is 124 cm³/mol. The number of amides is 1. The first kappa shape index (κ1) is 28.3. The molecule has 0 aliphatic heterocycles. The second-order valence-corrected chi connectivity index (χ2v) is 6.74. The summed E-state index contributed by atoms with van der Waals surface area (Å²) in [5.41, 5.74) is 5.66. The van der Waals surface area contributed by atoms with Gasteiger partial charge in [-0.25, -0.2) is 14.4 Å². The predicted octanol–water partition coefficient (Wildman–Crippen LogP) is 5.29. The molecule has 0 radical (unpaired) electrons. The van der Waals surface area contributed by atoms with E-state index in [0.29, 0.717) is 18.3 Å². The third kappa shape index (κ3) is 8.34. The van der Waals surface area contributed by atoms with Crippen molar-refractivity contribution in [2.75, 3.05) is 12.8 Å². The van der Waals surface area contributed by atoms with Gasteiger partial charge in [-0.15, -0.1) is 0 Å². The summed E-state index contributed by atoms with van der Waals surface area (Å²) in [6, 6.07) is 2.61. The fourth-order valence-electron chi connectivity index (χ4n) is 2.71. The van der Waals surface area contributed by atoms with Gasteiger partial charge < -0.3 is 16.2 Å². The average molecular weight is 481 g/mol. The Morgan fingerprint density at radius 2 is 1.88 bits per heavy atom. The lowest BCUT2D eigenvalue weighted by Crippen LogP contribution is -2.21. The van der Waals surface area contributed by atoms with E-state index in [0.717, 1.165) is 24.1 Å². The number of halogens is 4. The third-order valence-electron chi connectivity index (χ3n) is 4.34. The number of carbonyl (C=O) groups excluding carboxylic acids is 1. The zero-order chi connectivity index (χ0) is 25.9. The first-order valence-electron chi connectivity index (χ1n) is 10.5. The Balaban J connectivity index is 0.000000353. The van der Waals surface area contributed by atoms with E-state index >= 15 is 0 Å². The largest absolute Gasteiger partial charge is 0.503 e. The van der Waals surface area contributed by atoms with Gasteiger partial charge in [0.15, 0.2) is 17.3 Å². The van der Waals surface area contributed by atoms with E-state index in [2.05, 4.69) is 15.3 Å². The van der Waals surface area contributed by atoms with Crippen LogP contribution in [0.4, 0.5) is 23.4 Å². The van der Waals surface area contributed by atoms with Gasteiger partial charge in [0.25, 0.3) is 5.91 Å². The standard InChI is InChI=1S/C14H16N4O2.C8H6F4.C2H6/c1-16-14(20)11-12(19)13(15)18-10(17-11)8-9-6-4-2-3-5-7-9;1-5-2-3-6(9)4-7(5)8(10,11)12;1-2/h2-4,6-7,19H,5,8H2,1H3,(H,16,20)(H2,15,17,18);2-4H,1H3;1-2H3. The molecule has 1 aliphatic rings. The number of aryl methyl sites for hydroxylation is 1. The van der Waals surface area contributed by atoms with Gasteiger partial charge in [-0.3, -0.25) is 4.79 Å². The number of hydrogen-bond donors (Lipinski definition) is 3. The van der Waals surface area contributed by atoms with Gasteiger partial charge in [-0.1, -0.05) is 50.3 Å². The molecular weight excluding hydrogens is 452 g/mol. The number of nitrogens with zero attached hydrogens (tertiary/aromatic N) is 2. The van der Waals surface area contributed by atoms with Crippen molar-refractivity contribution < 1.29 is 27.5 Å². The number of allylic oxidation sites excluding steroid dienone is 6. The van der Waals surface area contributed by atoms with Crippen LogP contribution < -0.4 is 11.1 Å². The first-order valence-corrected chi connectivity index (χ1v) is 10.5. The van der Waals surface area contributed by atoms with Crippen LogP contribution in [0.2, 0.25) is 0 Å². The fourth-order valence-corrected chi connectivity index (χ4v) is 2.71. The van der Waals surface area contributed by atoms with E-state index in [1.165, 1.54) is 14.0 Å². The summed E-state index contributed by atoms with van der Waals surface area (Å²) in [5, 5.41) is 12.1. The highest BCUT2D eigenvalue weighted by molar-refractivity contribution is 5.95. The number of hydrogen-bond acceptors (Lipinski definition) is 5. The Labute approximate surface area is 195 Å². The maximum absolute atomic E-state index is 12.4. The Kier molecular flexibility index (Phi) is 10.9. The van der Waals surface area contributed by atoms with Gasteiger partial charge in [0.1, 0.15) is 11.6 Å². The molecule has 4 N–H and O–H groups in total. The number of carbonyl (C=O) groups is 1. The van der Waals surface area contributed by atoms with Crippen LogP contribution in [0.5, 0.6) is 5.75 Å². The van der Waals surface area contributed by atoms with Crippen LogP contribution in [0.15, 0.2) is 54.2 Å². The monoisotopic (exact) mass is 480 g/mol. The van der Waals surface area contributed by atoms with E-state index in [9.17, 15) is 27.5 Å². The normalized spacial score (nSPS) is 12.4. The summed E-state index contributed by atoms with van der Waals surface area (Å²) in [4.78, 5) is 19.7. The molecule has 1 heterocycles. The van der Waals surface area contributed by atoms with E-state index < -0.39 is 23.5 Å². The third-order valence-corrected chi connectivity index (χ3v) is 4.34. The molecule has 0 atom stereocenters. The van der Waals surface area contributed by atoms with E-state index in [1.807, 2.05) is 44.2 Å². The first-order chi connectivity index (χ1) is 16.0. The molecule has 1 amide bonds. The molecule has 0 spiro atoms. The van der Waals surface area contributed by atoms with Gasteiger partial charge in [-0.2, -0.15) is 13.2 Å². The van der Waals surface area contributed by atoms with Crippen molar-refractivity contribution in [2.45, 2.75) is 39.8 Å². The van der Waals surface area contributed by atoms with Crippen molar-refractivity contribution in [3.8, 4) is 5.75 Å². The number of aromatic hydroxyl groups is 1. The van der Waals surface area contributed by atoms with Crippen LogP contribution in [0.3, 0.4) is 0 Å². The second-order valence-electron chi connectivity index (χ2n) is 6.74. The SMILES string of the molecule is CC.CNC(=O)c1nc(CC2=CCC=CC=C2)nc(N)c1O.Cc1ccc(F)cc1C(F)(F)F. The van der Waals surface area contributed by atoms with Crippen molar-refractivity contribution in [3.63, 3.8) is 0 Å². The van der Waals surface area contributed by atoms with Gasteiger partial charge >= 0.3 is 6.18 Å². The van der Waals surface area contributed by atoms with Gasteiger partial charge in [0, 0.05) is 13.5 Å². The van der Waals surface area contributed by atoms with Crippen LogP contribution in [0.1, 0.15) is 47.7 Å². The Hall–Kier alpha value is -3.69. The molecule has 0 saturated heterocycles. The highest BCUT2D eigenvalue weighted by Gasteiger charge is 2.32. The van der Waals surface area contributed by atoms with E-state index in [-0.39, 0.29) is 22.8 Å². The lowest BCUT2D eigenvalue weighted by Gasteiger charge is -2.09. The quantitative estimate of drug-likeness (QED) is 0.519. The molecule has 1 aromatic heterocycles. The molecule has 1 aromatic carbocycles. The maximum Gasteiger partial charge on any atom is 0.416 e. The minimum Gasteiger partial charge on any atom is -0.503 e. The van der Waals surface area contributed by atoms with Gasteiger partial charge in [0.2, 0.25) is 0 Å². The average Bonchev–Trinajstić information content (AvgIpc) is 3.07. The Morgan fingerprint density at radius 3 is 2.47 bits per heavy atom. The minimum absolute atomic E-state index is 0.0314. The van der Waals surface area contributed by atoms with Gasteiger partial charge in [0.05, 0.1) is 5.56 Å². The highest BCUT2D eigenvalue weighted by atomic mass is 19.4. The topological polar surface area (TPSA) is 101 Å². The van der Waals surface area contributed by atoms with Gasteiger partial charge in [-0.05, 0) is 36.6 Å². The second kappa shape index (κ2) is 13.1. The molecule has 6 nitrogen and oxygen atoms in total. The molecule has 0 unspecified atom stereocenters.